The van der Waals surface area contributed by atoms with Crippen LogP contribution < -0.4 is 4.74 Å². The first-order chi connectivity index (χ1) is 9.88. The molecule has 108 valence electrons. The lowest BCUT2D eigenvalue weighted by molar-refractivity contribution is 0.0696. The van der Waals surface area contributed by atoms with Gasteiger partial charge in [-0.1, -0.05) is 0 Å². The van der Waals surface area contributed by atoms with Crippen LogP contribution in [0.2, 0.25) is 0 Å². The van der Waals surface area contributed by atoms with Gasteiger partial charge in [0.15, 0.2) is 17.3 Å². The number of benzene rings is 2. The molecule has 6 heteroatoms. The summed E-state index contributed by atoms with van der Waals surface area (Å²) in [5, 5.41) is 8.95. The zero-order valence-electron chi connectivity index (χ0n) is 10.9. The Morgan fingerprint density at radius 2 is 1.76 bits per heavy atom. The average Bonchev–Trinajstić information content (AvgIpc) is 2.42. The van der Waals surface area contributed by atoms with E-state index < -0.39 is 11.8 Å². The number of hydrogen-bond donors (Lipinski definition) is 1. The maximum Gasteiger partial charge on any atom is 0.335 e. The van der Waals surface area contributed by atoms with Crippen molar-refractivity contribution in [3.63, 3.8) is 0 Å². The molecule has 2 aromatic rings. The standard InChI is InChI=1S/C15H10FIO4/c1-8(18)9-3-5-13(11(16)6-9)21-14-7-10(15(19)20)2-4-12(14)17/h2-7H,1H3,(H,19,20). The molecule has 0 aliphatic carbocycles. The molecule has 0 aliphatic rings. The van der Waals surface area contributed by atoms with Crippen molar-refractivity contribution in [1.82, 2.24) is 0 Å². The van der Waals surface area contributed by atoms with Gasteiger partial charge in [-0.3, -0.25) is 4.79 Å². The van der Waals surface area contributed by atoms with E-state index in [1.165, 1.54) is 31.2 Å². The fourth-order valence-electron chi connectivity index (χ4n) is 1.64. The third-order valence-corrected chi connectivity index (χ3v) is 3.63. The van der Waals surface area contributed by atoms with Gasteiger partial charge in [-0.15, -0.1) is 0 Å². The molecule has 2 rings (SSSR count). The lowest BCUT2D eigenvalue weighted by Crippen LogP contribution is -1.99. The molecule has 0 radical (unpaired) electrons. The minimum atomic E-state index is -1.09. The molecular weight excluding hydrogens is 390 g/mol. The van der Waals surface area contributed by atoms with Gasteiger partial charge in [0.05, 0.1) is 9.13 Å². The van der Waals surface area contributed by atoms with Gasteiger partial charge in [0.2, 0.25) is 0 Å². The second kappa shape index (κ2) is 6.21. The summed E-state index contributed by atoms with van der Waals surface area (Å²) in [4.78, 5) is 22.1. The molecular formula is C15H10FIO4. The third-order valence-electron chi connectivity index (χ3n) is 2.74. The summed E-state index contributed by atoms with van der Waals surface area (Å²) in [5.74, 6) is -1.85. The number of ketones is 1. The number of carbonyl (C=O) groups excluding carboxylic acids is 1. The minimum Gasteiger partial charge on any atom is -0.478 e. The maximum absolute atomic E-state index is 13.9. The van der Waals surface area contributed by atoms with Gasteiger partial charge in [0.25, 0.3) is 0 Å². The van der Waals surface area contributed by atoms with Crippen molar-refractivity contribution in [1.29, 1.82) is 0 Å². The highest BCUT2D eigenvalue weighted by Crippen LogP contribution is 2.30. The van der Waals surface area contributed by atoms with Crippen LogP contribution in [0.5, 0.6) is 11.5 Å². The molecule has 0 saturated carbocycles. The van der Waals surface area contributed by atoms with Crippen LogP contribution in [0.15, 0.2) is 36.4 Å². The number of ether oxygens (including phenoxy) is 1. The summed E-state index contributed by atoms with van der Waals surface area (Å²) >= 11 is 1.96. The van der Waals surface area contributed by atoms with Crippen molar-refractivity contribution in [2.24, 2.45) is 0 Å². The normalized spacial score (nSPS) is 10.2. The SMILES string of the molecule is CC(=O)c1ccc(Oc2cc(C(=O)O)ccc2I)c(F)c1. The van der Waals surface area contributed by atoms with E-state index in [1.807, 2.05) is 22.6 Å². The molecule has 0 saturated heterocycles. The molecule has 0 aliphatic heterocycles. The van der Waals surface area contributed by atoms with E-state index in [9.17, 15) is 14.0 Å². The van der Waals surface area contributed by atoms with E-state index in [0.29, 0.717) is 3.57 Å². The average molecular weight is 400 g/mol. The number of carboxylic acids is 1. The lowest BCUT2D eigenvalue weighted by atomic mass is 10.1. The Labute approximate surface area is 133 Å². The number of hydrogen-bond acceptors (Lipinski definition) is 3. The summed E-state index contributed by atoms with van der Waals surface area (Å²) in [6.07, 6.45) is 0. The maximum atomic E-state index is 13.9. The zero-order valence-corrected chi connectivity index (χ0v) is 13.0. The van der Waals surface area contributed by atoms with Crippen molar-refractivity contribution in [3.05, 3.63) is 56.9 Å². The van der Waals surface area contributed by atoms with Gasteiger partial charge in [-0.2, -0.15) is 0 Å². The van der Waals surface area contributed by atoms with E-state index in [4.69, 9.17) is 9.84 Å². The van der Waals surface area contributed by atoms with Crippen molar-refractivity contribution in [2.45, 2.75) is 6.92 Å². The van der Waals surface area contributed by atoms with Crippen LogP contribution in [0, 0.1) is 9.39 Å². The monoisotopic (exact) mass is 400 g/mol. The predicted molar refractivity (Wildman–Crippen MR) is 82.6 cm³/mol. The van der Waals surface area contributed by atoms with Crippen LogP contribution in [0.25, 0.3) is 0 Å². The Kier molecular flexibility index (Phi) is 4.56. The van der Waals surface area contributed by atoms with E-state index in [-0.39, 0.29) is 28.4 Å². The number of carboxylic acid groups (broad SMARTS) is 1. The summed E-state index contributed by atoms with van der Waals surface area (Å²) in [6, 6.07) is 8.21. The molecule has 0 bridgehead atoms. The Morgan fingerprint density at radius 3 is 2.33 bits per heavy atom. The largest absolute Gasteiger partial charge is 0.478 e. The van der Waals surface area contributed by atoms with Crippen molar-refractivity contribution < 1.29 is 23.8 Å². The molecule has 4 nitrogen and oxygen atoms in total. The Bertz CT molecular complexity index is 728. The first-order valence-corrected chi connectivity index (χ1v) is 6.97. The molecule has 0 unspecified atom stereocenters. The highest BCUT2D eigenvalue weighted by Gasteiger charge is 2.12. The fraction of sp³-hybridized carbons (Fsp3) is 0.0667. The number of Topliss-reactive ketones (excluding diaryl/α,β-unsaturated/α-hetero) is 1. The fourth-order valence-corrected chi connectivity index (χ4v) is 2.08. The van der Waals surface area contributed by atoms with Crippen LogP contribution >= 0.6 is 22.6 Å². The third kappa shape index (κ3) is 3.57. The van der Waals surface area contributed by atoms with E-state index in [1.54, 1.807) is 6.07 Å². The van der Waals surface area contributed by atoms with Gasteiger partial charge in [0.1, 0.15) is 5.75 Å². The second-order valence-corrected chi connectivity index (χ2v) is 5.42. The van der Waals surface area contributed by atoms with Crippen LogP contribution in [0.4, 0.5) is 4.39 Å². The van der Waals surface area contributed by atoms with E-state index >= 15 is 0 Å². The molecule has 0 fully saturated rings. The highest BCUT2D eigenvalue weighted by molar-refractivity contribution is 14.1. The van der Waals surface area contributed by atoms with Gasteiger partial charge < -0.3 is 9.84 Å². The van der Waals surface area contributed by atoms with Crippen LogP contribution in [-0.4, -0.2) is 16.9 Å². The molecule has 0 amide bonds. The topological polar surface area (TPSA) is 63.6 Å². The molecule has 1 N–H and O–H groups in total. The lowest BCUT2D eigenvalue weighted by Gasteiger charge is -2.10. The number of carbonyl (C=O) groups is 2. The number of halogens is 2. The summed E-state index contributed by atoms with van der Waals surface area (Å²) in [5.41, 5.74) is 0.292. The summed E-state index contributed by atoms with van der Waals surface area (Å²) in [6.45, 7) is 1.34. The minimum absolute atomic E-state index is 0.0474. The Morgan fingerprint density at radius 1 is 1.10 bits per heavy atom. The van der Waals surface area contributed by atoms with Gasteiger partial charge in [-0.25, -0.2) is 9.18 Å². The summed E-state index contributed by atoms with van der Waals surface area (Å²) in [7, 11) is 0. The molecule has 21 heavy (non-hydrogen) atoms. The molecule has 2 aromatic carbocycles. The Balaban J connectivity index is 2.36. The van der Waals surface area contributed by atoms with Crippen LogP contribution in [-0.2, 0) is 0 Å². The first-order valence-electron chi connectivity index (χ1n) is 5.89. The number of rotatable bonds is 4. The zero-order chi connectivity index (χ0) is 15.6. The predicted octanol–water partition coefficient (Wildman–Crippen LogP) is 4.12. The van der Waals surface area contributed by atoms with E-state index in [2.05, 4.69) is 0 Å². The van der Waals surface area contributed by atoms with Crippen molar-refractivity contribution in [3.8, 4) is 11.5 Å². The van der Waals surface area contributed by atoms with Gasteiger partial charge >= 0.3 is 5.97 Å². The second-order valence-electron chi connectivity index (χ2n) is 4.25. The first kappa shape index (κ1) is 15.4. The number of aromatic carboxylic acids is 1. The van der Waals surface area contributed by atoms with Crippen molar-refractivity contribution >= 4 is 34.3 Å². The van der Waals surface area contributed by atoms with Crippen LogP contribution in [0.3, 0.4) is 0 Å². The smallest absolute Gasteiger partial charge is 0.335 e. The molecule has 0 aromatic heterocycles. The molecule has 0 spiro atoms. The molecule has 0 atom stereocenters. The Hall–Kier alpha value is -1.96. The van der Waals surface area contributed by atoms with Gasteiger partial charge in [-0.05, 0) is 65.9 Å². The van der Waals surface area contributed by atoms with E-state index in [0.717, 1.165) is 6.07 Å². The van der Waals surface area contributed by atoms with Crippen LogP contribution in [0.1, 0.15) is 27.6 Å². The summed E-state index contributed by atoms with van der Waals surface area (Å²) < 4.78 is 19.9. The van der Waals surface area contributed by atoms with Crippen molar-refractivity contribution in [2.75, 3.05) is 0 Å². The highest BCUT2D eigenvalue weighted by atomic mass is 127. The molecule has 0 heterocycles. The van der Waals surface area contributed by atoms with Gasteiger partial charge in [0, 0.05) is 5.56 Å². The quantitative estimate of drug-likeness (QED) is 0.620.